The molecule has 0 saturated carbocycles. The minimum Gasteiger partial charge on any atom is -0.361 e. The number of urea groups is 1. The molecule has 2 aromatic rings. The molecule has 4 amide bonds. The molecule has 0 atom stereocenters. The number of aryl methyl sites for hydroxylation is 2. The normalized spacial score (nSPS) is 15.1. The molecule has 3 heterocycles. The smallest absolute Gasteiger partial charge is 0.334 e. The van der Waals surface area contributed by atoms with Crippen molar-refractivity contribution in [3.8, 4) is 0 Å². The van der Waals surface area contributed by atoms with Crippen molar-refractivity contribution in [2.45, 2.75) is 26.8 Å². The van der Waals surface area contributed by atoms with E-state index in [1.54, 1.807) is 25.2 Å². The molecule has 1 aliphatic heterocycles. The number of amides is 4. The second-order valence-electron chi connectivity index (χ2n) is 5.26. The Morgan fingerprint density at radius 3 is 2.52 bits per heavy atom. The third-order valence-electron chi connectivity index (χ3n) is 3.79. The van der Waals surface area contributed by atoms with Crippen molar-refractivity contribution in [1.29, 1.82) is 0 Å². The van der Waals surface area contributed by atoms with E-state index >= 15 is 0 Å². The lowest BCUT2D eigenvalue weighted by molar-refractivity contribution is -0.143. The lowest BCUT2D eigenvalue weighted by atomic mass is 10.2. The minimum atomic E-state index is -0.804. The molecule has 0 aliphatic carbocycles. The fourth-order valence-corrected chi connectivity index (χ4v) is 3.15. The van der Waals surface area contributed by atoms with Crippen LogP contribution in [0.2, 0.25) is 0 Å². The lowest BCUT2D eigenvalue weighted by Crippen LogP contribution is -2.34. The van der Waals surface area contributed by atoms with Gasteiger partial charge in [-0.25, -0.2) is 4.79 Å². The maximum atomic E-state index is 12.4. The molecule has 1 fully saturated rings. The van der Waals surface area contributed by atoms with Gasteiger partial charge in [-0.2, -0.15) is 0 Å². The summed E-state index contributed by atoms with van der Waals surface area (Å²) in [5.74, 6) is -1.05. The molecule has 8 heteroatoms. The summed E-state index contributed by atoms with van der Waals surface area (Å²) in [6.45, 7) is 3.63. The maximum absolute atomic E-state index is 12.4. The fourth-order valence-electron chi connectivity index (χ4n) is 2.45. The molecule has 0 unspecified atom stereocenters. The number of carbonyl (C=O) groups excluding carboxylic acids is 3. The number of carbonyl (C=O) groups is 3. The standard InChI is InChI=1S/C15H15N3O4S/c1-9-12(10(2)22-16-9)8-18-14(20)13(19)17(15(18)21)6-5-11-4-3-7-23-11/h3-4,7H,5-6,8H2,1-2H3. The van der Waals surface area contributed by atoms with Crippen LogP contribution >= 0.6 is 11.3 Å². The third kappa shape index (κ3) is 2.77. The molecular formula is C15H15N3O4S. The van der Waals surface area contributed by atoms with Crippen LogP contribution in [0.1, 0.15) is 21.9 Å². The number of rotatable bonds is 5. The van der Waals surface area contributed by atoms with Crippen molar-refractivity contribution in [1.82, 2.24) is 15.0 Å². The van der Waals surface area contributed by atoms with Gasteiger partial charge in [0.05, 0.1) is 12.2 Å². The molecule has 3 rings (SSSR count). The number of imide groups is 2. The predicted molar refractivity (Wildman–Crippen MR) is 81.7 cm³/mol. The average molecular weight is 333 g/mol. The van der Waals surface area contributed by atoms with Gasteiger partial charge in [-0.15, -0.1) is 11.3 Å². The van der Waals surface area contributed by atoms with E-state index < -0.39 is 17.8 Å². The van der Waals surface area contributed by atoms with Crippen LogP contribution < -0.4 is 0 Å². The highest BCUT2D eigenvalue weighted by molar-refractivity contribution is 7.09. The summed E-state index contributed by atoms with van der Waals surface area (Å²) in [5.41, 5.74) is 1.26. The van der Waals surface area contributed by atoms with Crippen LogP contribution in [0.15, 0.2) is 22.0 Å². The highest BCUT2D eigenvalue weighted by Gasteiger charge is 2.44. The minimum absolute atomic E-state index is 0.0000747. The maximum Gasteiger partial charge on any atom is 0.334 e. The Balaban J connectivity index is 1.74. The summed E-state index contributed by atoms with van der Waals surface area (Å²) in [6, 6.07) is 3.25. The first-order valence-electron chi connectivity index (χ1n) is 7.10. The van der Waals surface area contributed by atoms with Gasteiger partial charge in [0, 0.05) is 23.4 Å². The first-order chi connectivity index (χ1) is 11.0. The van der Waals surface area contributed by atoms with Gasteiger partial charge >= 0.3 is 17.8 Å². The van der Waals surface area contributed by atoms with Crippen LogP contribution in [0.4, 0.5) is 4.79 Å². The Kier molecular flexibility index (Phi) is 3.99. The first-order valence-corrected chi connectivity index (χ1v) is 7.98. The molecule has 0 N–H and O–H groups in total. The molecule has 0 bridgehead atoms. The van der Waals surface area contributed by atoms with E-state index in [1.165, 1.54) is 0 Å². The monoisotopic (exact) mass is 333 g/mol. The van der Waals surface area contributed by atoms with E-state index in [9.17, 15) is 14.4 Å². The van der Waals surface area contributed by atoms with Crippen molar-refractivity contribution in [2.75, 3.05) is 6.54 Å². The second-order valence-corrected chi connectivity index (χ2v) is 6.29. The number of hydrogen-bond donors (Lipinski definition) is 0. The summed E-state index contributed by atoms with van der Waals surface area (Å²) in [4.78, 5) is 39.6. The highest BCUT2D eigenvalue weighted by atomic mass is 32.1. The van der Waals surface area contributed by atoms with Gasteiger partial charge < -0.3 is 4.52 Å². The van der Waals surface area contributed by atoms with Crippen molar-refractivity contribution in [3.05, 3.63) is 39.4 Å². The van der Waals surface area contributed by atoms with Crippen LogP contribution in [0, 0.1) is 13.8 Å². The van der Waals surface area contributed by atoms with E-state index in [4.69, 9.17) is 4.52 Å². The van der Waals surface area contributed by atoms with Crippen LogP contribution in [-0.4, -0.2) is 39.3 Å². The first kappa shape index (κ1) is 15.4. The van der Waals surface area contributed by atoms with E-state index in [1.807, 2.05) is 17.5 Å². The fraction of sp³-hybridized carbons (Fsp3) is 0.333. The van der Waals surface area contributed by atoms with Gasteiger partial charge in [0.25, 0.3) is 0 Å². The van der Waals surface area contributed by atoms with Gasteiger partial charge in [0.2, 0.25) is 0 Å². The number of nitrogens with zero attached hydrogens (tertiary/aromatic N) is 3. The van der Waals surface area contributed by atoms with Crippen LogP contribution in [0.25, 0.3) is 0 Å². The van der Waals surface area contributed by atoms with Crippen LogP contribution in [-0.2, 0) is 22.6 Å². The van der Waals surface area contributed by atoms with Gasteiger partial charge in [-0.3, -0.25) is 19.4 Å². The second kappa shape index (κ2) is 5.96. The Hall–Kier alpha value is -2.48. The van der Waals surface area contributed by atoms with Crippen LogP contribution in [0.3, 0.4) is 0 Å². The summed E-state index contributed by atoms with van der Waals surface area (Å²) in [6.07, 6.45) is 0.543. The van der Waals surface area contributed by atoms with E-state index in [0.717, 1.165) is 14.7 Å². The molecule has 1 saturated heterocycles. The van der Waals surface area contributed by atoms with E-state index in [-0.39, 0.29) is 13.1 Å². The summed E-state index contributed by atoms with van der Waals surface area (Å²) >= 11 is 1.55. The summed E-state index contributed by atoms with van der Waals surface area (Å²) < 4.78 is 5.03. The molecule has 0 aromatic carbocycles. The molecule has 0 radical (unpaired) electrons. The van der Waals surface area contributed by atoms with Gasteiger partial charge in [0.15, 0.2) is 0 Å². The lowest BCUT2D eigenvalue weighted by Gasteiger charge is -2.15. The molecule has 23 heavy (non-hydrogen) atoms. The number of thiophene rings is 1. The average Bonchev–Trinajstić information content (AvgIpc) is 3.19. The number of hydrogen-bond acceptors (Lipinski definition) is 6. The third-order valence-corrected chi connectivity index (χ3v) is 4.73. The van der Waals surface area contributed by atoms with Crippen molar-refractivity contribution in [3.63, 3.8) is 0 Å². The Morgan fingerprint density at radius 2 is 1.91 bits per heavy atom. The quantitative estimate of drug-likeness (QED) is 0.616. The summed E-state index contributed by atoms with van der Waals surface area (Å²) in [5, 5.41) is 5.72. The van der Waals surface area contributed by atoms with E-state index in [2.05, 4.69) is 5.16 Å². The zero-order valence-corrected chi connectivity index (χ0v) is 13.6. The number of aromatic nitrogens is 1. The Labute approximate surface area is 136 Å². The van der Waals surface area contributed by atoms with Gasteiger partial charge in [0.1, 0.15) is 5.76 Å². The van der Waals surface area contributed by atoms with Crippen molar-refractivity contribution >= 4 is 29.2 Å². The molecular weight excluding hydrogens is 318 g/mol. The van der Waals surface area contributed by atoms with Gasteiger partial charge in [-0.1, -0.05) is 11.2 Å². The van der Waals surface area contributed by atoms with Crippen molar-refractivity contribution in [2.24, 2.45) is 0 Å². The van der Waals surface area contributed by atoms with E-state index in [0.29, 0.717) is 23.4 Å². The zero-order valence-electron chi connectivity index (χ0n) is 12.7. The van der Waals surface area contributed by atoms with Crippen molar-refractivity contribution < 1.29 is 18.9 Å². The Bertz CT molecular complexity index is 746. The largest absolute Gasteiger partial charge is 0.361 e. The zero-order chi connectivity index (χ0) is 16.6. The molecule has 7 nitrogen and oxygen atoms in total. The topological polar surface area (TPSA) is 83.7 Å². The molecule has 1 aliphatic rings. The molecule has 120 valence electrons. The highest BCUT2D eigenvalue weighted by Crippen LogP contribution is 2.21. The molecule has 2 aromatic heterocycles. The predicted octanol–water partition coefficient (Wildman–Crippen LogP) is 1.89. The summed E-state index contributed by atoms with van der Waals surface area (Å²) in [7, 11) is 0. The van der Waals surface area contributed by atoms with Crippen LogP contribution in [0.5, 0.6) is 0 Å². The Morgan fingerprint density at radius 1 is 1.17 bits per heavy atom. The van der Waals surface area contributed by atoms with Gasteiger partial charge in [-0.05, 0) is 25.3 Å². The SMILES string of the molecule is Cc1noc(C)c1CN1C(=O)C(=O)N(CCc2cccs2)C1=O. The molecule has 0 spiro atoms.